The van der Waals surface area contributed by atoms with Crippen LogP contribution in [0.2, 0.25) is 0 Å². The molecule has 10 heteroatoms. The number of hydrogen-bond acceptors (Lipinski definition) is 6. The largest absolute Gasteiger partial charge is 0.469 e. The number of rotatable bonds is 6. The van der Waals surface area contributed by atoms with E-state index >= 15 is 0 Å². The summed E-state index contributed by atoms with van der Waals surface area (Å²) >= 11 is 0. The summed E-state index contributed by atoms with van der Waals surface area (Å²) in [5.74, 6) is -0.985. The standard InChI is InChI=1S/C17H22FN3O5S/c1-26-16(22)7-4-13-9-19-17(23)15-8-12(10-21(13)15)20-27(24,25)14-5-2-11(18)3-6-14/h2-3,5-6,12-13,15,20H,4,7-10H2,1H3,(H,19,23)/t12-,13+,15-/m0/s1. The number of carbonyl (C=O) groups is 2. The lowest BCUT2D eigenvalue weighted by Gasteiger charge is -2.37. The molecule has 1 aromatic rings. The maximum absolute atomic E-state index is 13.0. The maximum atomic E-state index is 13.0. The van der Waals surface area contributed by atoms with E-state index in [-0.39, 0.29) is 29.2 Å². The van der Waals surface area contributed by atoms with Crippen molar-refractivity contribution in [3.63, 3.8) is 0 Å². The number of piperazine rings is 1. The van der Waals surface area contributed by atoms with Crippen LogP contribution in [0, 0.1) is 5.82 Å². The van der Waals surface area contributed by atoms with Gasteiger partial charge in [0, 0.05) is 31.6 Å². The van der Waals surface area contributed by atoms with E-state index in [9.17, 15) is 22.4 Å². The Bertz CT molecular complexity index is 814. The summed E-state index contributed by atoms with van der Waals surface area (Å²) in [7, 11) is -2.49. The van der Waals surface area contributed by atoms with Gasteiger partial charge in [-0.1, -0.05) is 0 Å². The summed E-state index contributed by atoms with van der Waals surface area (Å²) in [6.07, 6.45) is 1.08. The van der Waals surface area contributed by atoms with Crippen molar-refractivity contribution in [1.82, 2.24) is 14.9 Å². The van der Waals surface area contributed by atoms with Crippen LogP contribution in [0.15, 0.2) is 29.2 Å². The summed E-state index contributed by atoms with van der Waals surface area (Å²) in [5, 5.41) is 2.81. The number of benzene rings is 1. The van der Waals surface area contributed by atoms with E-state index in [4.69, 9.17) is 0 Å². The molecule has 0 spiro atoms. The molecule has 3 rings (SSSR count). The molecule has 2 aliphatic rings. The number of esters is 1. The zero-order valence-electron chi connectivity index (χ0n) is 14.9. The third-order valence-corrected chi connectivity index (χ3v) is 6.51. The van der Waals surface area contributed by atoms with Crippen LogP contribution in [0.5, 0.6) is 0 Å². The van der Waals surface area contributed by atoms with Crippen molar-refractivity contribution in [2.75, 3.05) is 20.2 Å². The number of nitrogens with zero attached hydrogens (tertiary/aromatic N) is 1. The first-order valence-electron chi connectivity index (χ1n) is 8.68. The van der Waals surface area contributed by atoms with Crippen molar-refractivity contribution in [1.29, 1.82) is 0 Å². The van der Waals surface area contributed by atoms with Crippen molar-refractivity contribution in [2.24, 2.45) is 0 Å². The van der Waals surface area contributed by atoms with Crippen LogP contribution >= 0.6 is 0 Å². The number of ether oxygens (including phenoxy) is 1. The third kappa shape index (κ3) is 4.45. The molecule has 0 bridgehead atoms. The van der Waals surface area contributed by atoms with E-state index in [2.05, 4.69) is 14.8 Å². The Morgan fingerprint density at radius 1 is 1.37 bits per heavy atom. The summed E-state index contributed by atoms with van der Waals surface area (Å²) in [6.45, 7) is 0.772. The van der Waals surface area contributed by atoms with Gasteiger partial charge in [0.15, 0.2) is 0 Å². The molecule has 2 saturated heterocycles. The van der Waals surface area contributed by atoms with Gasteiger partial charge in [-0.2, -0.15) is 0 Å². The first-order chi connectivity index (χ1) is 12.8. The van der Waals surface area contributed by atoms with E-state index in [1.54, 1.807) is 0 Å². The molecule has 27 heavy (non-hydrogen) atoms. The number of methoxy groups -OCH3 is 1. The van der Waals surface area contributed by atoms with Crippen molar-refractivity contribution in [3.8, 4) is 0 Å². The first-order valence-corrected chi connectivity index (χ1v) is 10.2. The summed E-state index contributed by atoms with van der Waals surface area (Å²) in [6, 6.07) is 3.62. The summed E-state index contributed by atoms with van der Waals surface area (Å²) in [5.41, 5.74) is 0. The van der Waals surface area contributed by atoms with Crippen LogP contribution < -0.4 is 10.0 Å². The van der Waals surface area contributed by atoms with Crippen molar-refractivity contribution in [3.05, 3.63) is 30.1 Å². The quantitative estimate of drug-likeness (QED) is 0.653. The molecule has 1 aromatic carbocycles. The highest BCUT2D eigenvalue weighted by Crippen LogP contribution is 2.27. The van der Waals surface area contributed by atoms with Gasteiger partial charge in [-0.25, -0.2) is 17.5 Å². The number of hydrogen-bond donors (Lipinski definition) is 2. The molecule has 0 saturated carbocycles. The zero-order chi connectivity index (χ0) is 19.6. The summed E-state index contributed by atoms with van der Waals surface area (Å²) in [4.78, 5) is 25.5. The molecule has 2 heterocycles. The molecule has 2 fully saturated rings. The minimum absolute atomic E-state index is 0.0273. The zero-order valence-corrected chi connectivity index (χ0v) is 15.7. The molecule has 2 aliphatic heterocycles. The van der Waals surface area contributed by atoms with Crippen LogP contribution in [-0.2, 0) is 24.3 Å². The monoisotopic (exact) mass is 399 g/mol. The van der Waals surface area contributed by atoms with Gasteiger partial charge < -0.3 is 10.1 Å². The maximum Gasteiger partial charge on any atom is 0.305 e. The normalized spacial score (nSPS) is 25.7. The van der Waals surface area contributed by atoms with Crippen LogP contribution in [0.3, 0.4) is 0 Å². The van der Waals surface area contributed by atoms with Gasteiger partial charge >= 0.3 is 5.97 Å². The second kappa shape index (κ2) is 7.91. The van der Waals surface area contributed by atoms with Crippen LogP contribution in [0.25, 0.3) is 0 Å². The fourth-order valence-corrected chi connectivity index (χ4v) is 4.86. The second-order valence-electron chi connectivity index (χ2n) is 6.73. The highest BCUT2D eigenvalue weighted by atomic mass is 32.2. The third-order valence-electron chi connectivity index (χ3n) is 4.98. The topological polar surface area (TPSA) is 105 Å². The van der Waals surface area contributed by atoms with Gasteiger partial charge in [0.2, 0.25) is 15.9 Å². The molecule has 148 valence electrons. The molecular weight excluding hydrogens is 377 g/mol. The Labute approximate surface area is 157 Å². The lowest BCUT2D eigenvalue weighted by Crippen LogP contribution is -2.57. The molecule has 0 aliphatic carbocycles. The number of halogens is 1. The molecule has 8 nitrogen and oxygen atoms in total. The molecule has 0 radical (unpaired) electrons. The van der Waals surface area contributed by atoms with E-state index < -0.39 is 27.9 Å². The van der Waals surface area contributed by atoms with Gasteiger partial charge in [-0.05, 0) is 37.1 Å². The van der Waals surface area contributed by atoms with Crippen molar-refractivity contribution >= 4 is 21.9 Å². The number of amides is 1. The average Bonchev–Trinajstić information content (AvgIpc) is 3.05. The first kappa shape index (κ1) is 19.7. The van der Waals surface area contributed by atoms with Gasteiger partial charge in [0.05, 0.1) is 18.0 Å². The fraction of sp³-hybridized carbons (Fsp3) is 0.529. The number of fused-ring (bicyclic) bond motifs is 1. The van der Waals surface area contributed by atoms with Gasteiger partial charge in [-0.15, -0.1) is 0 Å². The Morgan fingerprint density at radius 3 is 2.74 bits per heavy atom. The number of nitrogens with one attached hydrogen (secondary N) is 2. The Morgan fingerprint density at radius 2 is 2.07 bits per heavy atom. The van der Waals surface area contributed by atoms with Crippen LogP contribution in [0.1, 0.15) is 19.3 Å². The molecule has 0 unspecified atom stereocenters. The molecule has 0 aromatic heterocycles. The predicted molar refractivity (Wildman–Crippen MR) is 93.7 cm³/mol. The van der Waals surface area contributed by atoms with E-state index in [0.717, 1.165) is 12.1 Å². The molecule has 3 atom stereocenters. The smallest absolute Gasteiger partial charge is 0.305 e. The predicted octanol–water partition coefficient (Wildman–Crippen LogP) is -0.00150. The van der Waals surface area contributed by atoms with Crippen LogP contribution in [0.4, 0.5) is 4.39 Å². The second-order valence-corrected chi connectivity index (χ2v) is 8.45. The minimum atomic E-state index is -3.82. The van der Waals surface area contributed by atoms with Crippen molar-refractivity contribution in [2.45, 2.75) is 42.3 Å². The highest BCUT2D eigenvalue weighted by Gasteiger charge is 2.44. The highest BCUT2D eigenvalue weighted by molar-refractivity contribution is 7.89. The number of carbonyl (C=O) groups excluding carboxylic acids is 2. The number of sulfonamides is 1. The van der Waals surface area contributed by atoms with Gasteiger partial charge in [0.25, 0.3) is 0 Å². The molecule has 2 N–H and O–H groups in total. The molecule has 1 amide bonds. The van der Waals surface area contributed by atoms with E-state index in [1.807, 2.05) is 4.90 Å². The Hall–Kier alpha value is -2.04. The fourth-order valence-electron chi connectivity index (χ4n) is 3.62. The Kier molecular flexibility index (Phi) is 5.78. The van der Waals surface area contributed by atoms with E-state index in [0.29, 0.717) is 25.9 Å². The average molecular weight is 399 g/mol. The molecular formula is C17H22FN3O5S. The lowest BCUT2D eigenvalue weighted by molar-refractivity contribution is -0.141. The lowest BCUT2D eigenvalue weighted by atomic mass is 10.0. The SMILES string of the molecule is COC(=O)CC[C@@H]1CNC(=O)[C@@H]2C[C@H](NS(=O)(=O)c3ccc(F)cc3)CN12. The van der Waals surface area contributed by atoms with Gasteiger partial charge in [-0.3, -0.25) is 14.5 Å². The minimum Gasteiger partial charge on any atom is -0.469 e. The Balaban J connectivity index is 1.68. The van der Waals surface area contributed by atoms with Gasteiger partial charge in [0.1, 0.15) is 5.82 Å². The van der Waals surface area contributed by atoms with Crippen molar-refractivity contribution < 1.29 is 27.1 Å². The van der Waals surface area contributed by atoms with E-state index in [1.165, 1.54) is 19.2 Å². The summed E-state index contributed by atoms with van der Waals surface area (Å²) < 4.78 is 45.3. The van der Waals surface area contributed by atoms with Crippen LogP contribution in [-0.4, -0.2) is 63.5 Å².